The number of hydroxylamine groups is 4. The topological polar surface area (TPSA) is 190 Å². The number of nitrogens with one attached hydrogen (secondary N) is 2. The van der Waals surface area contributed by atoms with E-state index < -0.39 is 29.7 Å². The summed E-state index contributed by atoms with van der Waals surface area (Å²) in [6.07, 6.45) is 4.96. The third-order valence-corrected chi connectivity index (χ3v) is 5.72. The fourth-order valence-corrected chi connectivity index (χ4v) is 3.61. The number of aldehydes is 1. The Bertz CT molecular complexity index is 1040. The van der Waals surface area contributed by atoms with Crippen LogP contribution >= 0.6 is 11.6 Å². The van der Waals surface area contributed by atoms with Gasteiger partial charge in [-0.15, -0.1) is 5.06 Å². The van der Waals surface area contributed by atoms with Gasteiger partial charge in [0.15, 0.2) is 0 Å². The molecule has 16 heteroatoms. The second-order valence-electron chi connectivity index (χ2n) is 8.83. The van der Waals surface area contributed by atoms with Crippen LogP contribution < -0.4 is 10.6 Å². The number of carbonyl (C=O) groups is 6. The summed E-state index contributed by atoms with van der Waals surface area (Å²) in [6.45, 7) is 1.05. The van der Waals surface area contributed by atoms with Crippen molar-refractivity contribution in [3.8, 4) is 0 Å². The highest BCUT2D eigenvalue weighted by atomic mass is 35.5. The van der Waals surface area contributed by atoms with E-state index in [9.17, 15) is 28.8 Å². The SMILES string of the molecule is CN(OC(=O)CCCCCNc1nc(Cl)nc(NCCCCCC(=O)ON2C(=O)CCC2=O)n1)C(=O)CCC=O. The Hall–Kier alpha value is -3.88. The lowest BCUT2D eigenvalue weighted by atomic mass is 10.2. The van der Waals surface area contributed by atoms with Gasteiger partial charge in [-0.05, 0) is 37.3 Å². The molecule has 1 aliphatic heterocycles. The average Bonchev–Trinajstić information content (AvgIpc) is 3.22. The van der Waals surface area contributed by atoms with Crippen LogP contribution in [0.5, 0.6) is 0 Å². The van der Waals surface area contributed by atoms with E-state index in [1.54, 1.807) is 0 Å². The van der Waals surface area contributed by atoms with E-state index in [-0.39, 0.29) is 43.8 Å². The molecular formula is C24H34ClN7O8. The third kappa shape index (κ3) is 12.3. The molecule has 1 aromatic heterocycles. The zero-order valence-corrected chi connectivity index (χ0v) is 23.1. The minimum absolute atomic E-state index is 0.00992. The highest BCUT2D eigenvalue weighted by molar-refractivity contribution is 6.28. The third-order valence-electron chi connectivity index (χ3n) is 5.55. The molecule has 0 bridgehead atoms. The molecule has 0 aliphatic carbocycles. The first-order valence-corrected chi connectivity index (χ1v) is 13.4. The summed E-state index contributed by atoms with van der Waals surface area (Å²) in [5.74, 6) is -2.00. The second kappa shape index (κ2) is 17.7. The molecule has 0 spiro atoms. The zero-order chi connectivity index (χ0) is 29.3. The van der Waals surface area contributed by atoms with E-state index in [0.717, 1.165) is 11.5 Å². The molecular weight excluding hydrogens is 550 g/mol. The number of amides is 3. The van der Waals surface area contributed by atoms with E-state index in [1.807, 2.05) is 0 Å². The lowest BCUT2D eigenvalue weighted by molar-refractivity contribution is -0.197. The maximum atomic E-state index is 11.8. The molecule has 3 amide bonds. The highest BCUT2D eigenvalue weighted by Crippen LogP contribution is 2.14. The summed E-state index contributed by atoms with van der Waals surface area (Å²) in [5, 5.41) is 7.51. The van der Waals surface area contributed by atoms with Crippen LogP contribution in [0.15, 0.2) is 0 Å². The standard InChI is InChI=1S/C24H34ClN7O8/c1-31(17(34)9-8-16-33)39-20(37)10-4-2-6-14-26-23-28-22(25)29-24(30-23)27-15-7-3-5-11-21(38)40-32-18(35)12-13-19(32)36/h16H,2-15H2,1H3,(H2,26,27,28,29,30). The molecule has 1 saturated heterocycles. The first-order chi connectivity index (χ1) is 19.2. The van der Waals surface area contributed by atoms with Gasteiger partial charge in [0.1, 0.15) is 6.29 Å². The lowest BCUT2D eigenvalue weighted by Crippen LogP contribution is -2.31. The average molecular weight is 584 g/mol. The lowest BCUT2D eigenvalue weighted by Gasteiger charge is -2.15. The highest BCUT2D eigenvalue weighted by Gasteiger charge is 2.32. The molecule has 40 heavy (non-hydrogen) atoms. The Morgan fingerprint density at radius 2 is 1.43 bits per heavy atom. The van der Waals surface area contributed by atoms with Crippen molar-refractivity contribution in [1.29, 1.82) is 0 Å². The van der Waals surface area contributed by atoms with Crippen molar-refractivity contribution in [1.82, 2.24) is 25.1 Å². The molecule has 220 valence electrons. The van der Waals surface area contributed by atoms with Gasteiger partial charge in [0, 0.05) is 58.7 Å². The number of hydrogen-bond donors (Lipinski definition) is 2. The molecule has 2 rings (SSSR count). The van der Waals surface area contributed by atoms with Crippen LogP contribution in [0.4, 0.5) is 11.9 Å². The molecule has 1 fully saturated rings. The largest absolute Gasteiger partial charge is 0.354 e. The predicted octanol–water partition coefficient (Wildman–Crippen LogP) is 1.97. The Balaban J connectivity index is 1.56. The van der Waals surface area contributed by atoms with E-state index in [2.05, 4.69) is 25.6 Å². The van der Waals surface area contributed by atoms with Crippen molar-refractivity contribution in [3.63, 3.8) is 0 Å². The van der Waals surface area contributed by atoms with E-state index >= 15 is 0 Å². The number of anilines is 2. The van der Waals surface area contributed by atoms with Crippen molar-refractivity contribution in [3.05, 3.63) is 5.28 Å². The second-order valence-corrected chi connectivity index (χ2v) is 9.17. The zero-order valence-electron chi connectivity index (χ0n) is 22.4. The molecule has 2 heterocycles. The van der Waals surface area contributed by atoms with Crippen LogP contribution in [0.2, 0.25) is 5.28 Å². The van der Waals surface area contributed by atoms with Crippen LogP contribution in [0.1, 0.15) is 77.0 Å². The molecule has 0 radical (unpaired) electrons. The van der Waals surface area contributed by atoms with E-state index in [1.165, 1.54) is 7.05 Å². The quantitative estimate of drug-likeness (QED) is 0.110. The molecule has 1 aromatic rings. The summed E-state index contributed by atoms with van der Waals surface area (Å²) >= 11 is 5.98. The summed E-state index contributed by atoms with van der Waals surface area (Å²) < 4.78 is 0. The fourth-order valence-electron chi connectivity index (χ4n) is 3.45. The number of aromatic nitrogens is 3. The van der Waals surface area contributed by atoms with Crippen molar-refractivity contribution < 1.29 is 38.4 Å². The Kier molecular flexibility index (Phi) is 14.3. The molecule has 0 unspecified atom stereocenters. The van der Waals surface area contributed by atoms with Gasteiger partial charge in [-0.3, -0.25) is 14.4 Å². The molecule has 15 nitrogen and oxygen atoms in total. The van der Waals surface area contributed by atoms with Gasteiger partial charge in [-0.25, -0.2) is 9.59 Å². The summed E-state index contributed by atoms with van der Waals surface area (Å²) in [7, 11) is 1.34. The Labute approximate surface area is 236 Å². The summed E-state index contributed by atoms with van der Waals surface area (Å²) in [6, 6.07) is 0. The smallest absolute Gasteiger partial charge is 0.333 e. The minimum Gasteiger partial charge on any atom is -0.354 e. The number of nitrogens with zero attached hydrogens (tertiary/aromatic N) is 5. The fraction of sp³-hybridized carbons (Fsp3) is 0.625. The van der Waals surface area contributed by atoms with Gasteiger partial charge in [-0.2, -0.15) is 20.0 Å². The van der Waals surface area contributed by atoms with Crippen molar-refractivity contribution in [2.24, 2.45) is 0 Å². The van der Waals surface area contributed by atoms with Crippen LogP contribution in [-0.4, -0.2) is 81.2 Å². The minimum atomic E-state index is -0.622. The summed E-state index contributed by atoms with van der Waals surface area (Å²) in [4.78, 5) is 90.6. The molecule has 0 saturated carbocycles. The molecule has 0 aromatic carbocycles. The van der Waals surface area contributed by atoms with Crippen molar-refractivity contribution >= 4 is 59.4 Å². The maximum absolute atomic E-state index is 11.8. The van der Waals surface area contributed by atoms with Crippen LogP contribution in [0.3, 0.4) is 0 Å². The number of carbonyl (C=O) groups excluding carboxylic acids is 6. The first-order valence-electron chi connectivity index (χ1n) is 13.1. The van der Waals surface area contributed by atoms with Gasteiger partial charge in [0.2, 0.25) is 17.2 Å². The number of rotatable bonds is 18. The van der Waals surface area contributed by atoms with Gasteiger partial charge in [0.05, 0.1) is 0 Å². The monoisotopic (exact) mass is 583 g/mol. The van der Waals surface area contributed by atoms with Gasteiger partial charge >= 0.3 is 11.9 Å². The van der Waals surface area contributed by atoms with E-state index in [4.69, 9.17) is 21.3 Å². The Morgan fingerprint density at radius 3 is 1.98 bits per heavy atom. The molecule has 0 atom stereocenters. The van der Waals surface area contributed by atoms with Crippen LogP contribution in [-0.2, 0) is 38.4 Å². The molecule has 1 aliphatic rings. The summed E-state index contributed by atoms with van der Waals surface area (Å²) in [5.41, 5.74) is 0. The van der Waals surface area contributed by atoms with Gasteiger partial charge in [0.25, 0.3) is 17.7 Å². The van der Waals surface area contributed by atoms with Gasteiger partial charge < -0.3 is 25.1 Å². The number of halogens is 1. The Morgan fingerprint density at radius 1 is 0.875 bits per heavy atom. The molecule has 2 N–H and O–H groups in total. The van der Waals surface area contributed by atoms with Crippen molar-refractivity contribution in [2.75, 3.05) is 30.8 Å². The van der Waals surface area contributed by atoms with Crippen LogP contribution in [0.25, 0.3) is 0 Å². The van der Waals surface area contributed by atoms with Gasteiger partial charge in [-0.1, -0.05) is 12.8 Å². The van der Waals surface area contributed by atoms with Crippen LogP contribution in [0, 0.1) is 0 Å². The van der Waals surface area contributed by atoms with E-state index in [0.29, 0.717) is 68.4 Å². The van der Waals surface area contributed by atoms with Crippen molar-refractivity contribution in [2.45, 2.75) is 77.0 Å². The normalized spacial score (nSPS) is 12.7. The predicted molar refractivity (Wildman–Crippen MR) is 140 cm³/mol. The number of imide groups is 1. The number of unbranched alkanes of at least 4 members (excludes halogenated alkanes) is 4. The number of hydrogen-bond acceptors (Lipinski definition) is 13. The maximum Gasteiger partial charge on any atom is 0.333 e. The first kappa shape index (κ1) is 32.3.